The molecule has 3 N–H and O–H groups in total. The van der Waals surface area contributed by atoms with Crippen molar-refractivity contribution in [3.8, 4) is 0 Å². The van der Waals surface area contributed by atoms with Crippen molar-refractivity contribution in [2.24, 2.45) is 5.14 Å². The highest BCUT2D eigenvalue weighted by Crippen LogP contribution is 2.12. The highest BCUT2D eigenvalue weighted by molar-refractivity contribution is 7.77. The summed E-state index contributed by atoms with van der Waals surface area (Å²) >= 11 is 3.03. The lowest BCUT2D eigenvalue weighted by molar-refractivity contribution is -0.137. The van der Waals surface area contributed by atoms with E-state index in [2.05, 4.69) is 18.0 Å². The molecule has 0 heterocycles. The molecule has 0 unspecified atom stereocenters. The fourth-order valence-corrected chi connectivity index (χ4v) is 1.16. The van der Waals surface area contributed by atoms with Gasteiger partial charge in [0.1, 0.15) is 11.6 Å². The van der Waals surface area contributed by atoms with Gasteiger partial charge in [0, 0.05) is 6.42 Å². The lowest BCUT2D eigenvalue weighted by Crippen LogP contribution is -1.98. The number of nitrogens with two attached hydrogens (primary N) is 1. The minimum Gasteiger partial charge on any atom is -0.481 e. The maximum absolute atomic E-state index is 13.0. The van der Waals surface area contributed by atoms with E-state index in [4.69, 9.17) is 5.11 Å². The Morgan fingerprint density at radius 1 is 1.20 bits per heavy atom. The van der Waals surface area contributed by atoms with Crippen LogP contribution >= 0.6 is 12.8 Å². The van der Waals surface area contributed by atoms with Crippen LogP contribution in [0.2, 0.25) is 0 Å². The molecule has 0 radical (unpaired) electrons. The van der Waals surface area contributed by atoms with Crippen LogP contribution in [0.3, 0.4) is 0 Å². The van der Waals surface area contributed by atoms with Gasteiger partial charge in [0.05, 0.1) is 0 Å². The monoisotopic (exact) mass is 309 g/mol. The van der Waals surface area contributed by atoms with Crippen molar-refractivity contribution < 1.29 is 18.7 Å². The van der Waals surface area contributed by atoms with Gasteiger partial charge < -0.3 is 5.11 Å². The summed E-state index contributed by atoms with van der Waals surface area (Å²) in [6.45, 7) is 8.00. The molecular weight excluding hydrogens is 284 g/mol. The summed E-state index contributed by atoms with van der Waals surface area (Å²) in [4.78, 5) is 10.2. The van der Waals surface area contributed by atoms with Crippen molar-refractivity contribution >= 4 is 18.8 Å². The third kappa shape index (κ3) is 13.3. The van der Waals surface area contributed by atoms with Crippen molar-refractivity contribution in [2.45, 2.75) is 47.0 Å². The van der Waals surface area contributed by atoms with E-state index in [-0.39, 0.29) is 18.4 Å². The molecule has 0 amide bonds. The van der Waals surface area contributed by atoms with Crippen molar-refractivity contribution in [1.82, 2.24) is 0 Å². The first-order valence-electron chi connectivity index (χ1n) is 6.51. The number of carboxylic acids is 1. The summed E-state index contributed by atoms with van der Waals surface area (Å²) in [5, 5.41) is 12.5. The molecule has 6 heteroatoms. The highest BCUT2D eigenvalue weighted by Gasteiger charge is 2.04. The first kappa shape index (κ1) is 23.9. The fourth-order valence-electron chi connectivity index (χ4n) is 1.16. The topological polar surface area (TPSA) is 63.3 Å². The first-order valence-corrected chi connectivity index (χ1v) is 7.03. The van der Waals surface area contributed by atoms with Gasteiger partial charge in [-0.05, 0) is 36.6 Å². The molecule has 1 aromatic carbocycles. The van der Waals surface area contributed by atoms with Crippen LogP contribution in [-0.4, -0.2) is 11.1 Å². The van der Waals surface area contributed by atoms with Crippen LogP contribution in [0.1, 0.15) is 46.1 Å². The second-order valence-electron chi connectivity index (χ2n) is 2.98. The summed E-state index contributed by atoms with van der Waals surface area (Å²) in [5.41, 5.74) is 0.228. The number of aliphatic carboxylic acids is 1. The summed E-state index contributed by atoms with van der Waals surface area (Å²) in [7, 11) is 0. The molecule has 0 saturated carbocycles. The van der Waals surface area contributed by atoms with E-state index in [1.807, 2.05) is 27.7 Å². The number of carboxylic acid groups (broad SMARTS) is 1. The summed E-state index contributed by atoms with van der Waals surface area (Å²) in [6.07, 6.45) is 0.529. The van der Waals surface area contributed by atoms with E-state index in [1.54, 1.807) is 0 Å². The Hall–Kier alpha value is -1.14. The average molecular weight is 309 g/mol. The Morgan fingerprint density at radius 2 is 1.70 bits per heavy atom. The average Bonchev–Trinajstić information content (AvgIpc) is 2.49. The minimum absolute atomic E-state index is 0.0318. The SMILES string of the molecule is CC.CC.NS.O=C(O)CCCc1cc(F)ccc1F. The molecule has 0 saturated heterocycles. The van der Waals surface area contributed by atoms with Crippen LogP contribution in [0, 0.1) is 11.6 Å². The number of carbonyl (C=O) groups is 1. The minimum atomic E-state index is -0.929. The van der Waals surface area contributed by atoms with Crippen molar-refractivity contribution in [2.75, 3.05) is 0 Å². The van der Waals surface area contributed by atoms with E-state index in [9.17, 15) is 13.6 Å². The lowest BCUT2D eigenvalue weighted by atomic mass is 10.1. The van der Waals surface area contributed by atoms with E-state index in [0.717, 1.165) is 18.2 Å². The Balaban J connectivity index is -0.000000425. The molecule has 0 aliphatic carbocycles. The lowest BCUT2D eigenvalue weighted by Gasteiger charge is -2.01. The summed E-state index contributed by atoms with van der Waals surface area (Å²) in [5.74, 6) is -1.92. The van der Waals surface area contributed by atoms with Crippen LogP contribution in [0.15, 0.2) is 18.2 Å². The molecule has 0 spiro atoms. The third-order valence-corrected chi connectivity index (χ3v) is 1.84. The number of aryl methyl sites for hydroxylation is 1. The molecule has 1 aromatic rings. The van der Waals surface area contributed by atoms with E-state index >= 15 is 0 Å². The van der Waals surface area contributed by atoms with Crippen LogP contribution in [-0.2, 0) is 11.2 Å². The van der Waals surface area contributed by atoms with Gasteiger partial charge in [-0.1, -0.05) is 27.7 Å². The van der Waals surface area contributed by atoms with Crippen LogP contribution < -0.4 is 5.14 Å². The highest BCUT2D eigenvalue weighted by atomic mass is 32.1. The van der Waals surface area contributed by atoms with Gasteiger partial charge in [0.2, 0.25) is 0 Å². The van der Waals surface area contributed by atoms with Gasteiger partial charge in [-0.3, -0.25) is 9.93 Å². The molecule has 0 atom stereocenters. The van der Waals surface area contributed by atoms with Gasteiger partial charge in [-0.2, -0.15) is 0 Å². The molecule has 3 nitrogen and oxygen atoms in total. The van der Waals surface area contributed by atoms with Crippen molar-refractivity contribution in [3.05, 3.63) is 35.4 Å². The van der Waals surface area contributed by atoms with Gasteiger partial charge in [-0.25, -0.2) is 8.78 Å². The second kappa shape index (κ2) is 17.9. The standard InChI is InChI=1S/C10H10F2O2.2C2H6.H3NS/c11-8-4-5-9(12)7(6-8)2-1-3-10(13)14;3*1-2/h4-6H,1-3H2,(H,13,14);2*1-2H3;2H,1H2. The summed E-state index contributed by atoms with van der Waals surface area (Å²) < 4.78 is 25.6. The Labute approximate surface area is 125 Å². The third-order valence-electron chi connectivity index (χ3n) is 1.84. The number of hydrogen-bond acceptors (Lipinski definition) is 3. The molecule has 0 aliphatic rings. The zero-order valence-corrected chi connectivity index (χ0v) is 13.4. The molecule has 0 aliphatic heterocycles. The Kier molecular flexibility index (Phi) is 21.4. The molecular formula is C14H25F2NO2S. The van der Waals surface area contributed by atoms with Crippen LogP contribution in [0.25, 0.3) is 0 Å². The van der Waals surface area contributed by atoms with Gasteiger partial charge in [0.15, 0.2) is 0 Å². The molecule has 118 valence electrons. The molecule has 1 rings (SSSR count). The Bertz CT molecular complexity index is 350. The maximum Gasteiger partial charge on any atom is 0.303 e. The molecule has 0 bridgehead atoms. The van der Waals surface area contributed by atoms with Crippen LogP contribution in [0.5, 0.6) is 0 Å². The quantitative estimate of drug-likeness (QED) is 0.730. The van der Waals surface area contributed by atoms with Crippen LogP contribution in [0.4, 0.5) is 8.78 Å². The molecule has 20 heavy (non-hydrogen) atoms. The smallest absolute Gasteiger partial charge is 0.303 e. The maximum atomic E-state index is 13.0. The predicted octanol–water partition coefficient (Wildman–Crippen LogP) is 4.21. The van der Waals surface area contributed by atoms with Crippen molar-refractivity contribution in [1.29, 1.82) is 0 Å². The largest absolute Gasteiger partial charge is 0.481 e. The number of halogens is 2. The van der Waals surface area contributed by atoms with Gasteiger partial charge >= 0.3 is 5.97 Å². The van der Waals surface area contributed by atoms with Gasteiger partial charge in [0.25, 0.3) is 0 Å². The predicted molar refractivity (Wildman–Crippen MR) is 82.8 cm³/mol. The Morgan fingerprint density at radius 3 is 2.15 bits per heavy atom. The number of benzene rings is 1. The fraction of sp³-hybridized carbons (Fsp3) is 0.500. The normalized spacial score (nSPS) is 8.00. The van der Waals surface area contributed by atoms with E-state index in [0.29, 0.717) is 6.42 Å². The van der Waals surface area contributed by atoms with E-state index in [1.165, 1.54) is 0 Å². The number of hydrogen-bond donors (Lipinski definition) is 3. The number of rotatable bonds is 4. The van der Waals surface area contributed by atoms with Gasteiger partial charge in [-0.15, -0.1) is 12.8 Å². The summed E-state index contributed by atoms with van der Waals surface area (Å²) in [6, 6.07) is 3.18. The van der Waals surface area contributed by atoms with E-state index < -0.39 is 17.6 Å². The number of thiol groups is 1. The molecule has 0 aromatic heterocycles. The zero-order chi connectivity index (χ0) is 16.6. The molecule has 0 fully saturated rings. The zero-order valence-electron chi connectivity index (χ0n) is 12.5. The van der Waals surface area contributed by atoms with Crippen molar-refractivity contribution in [3.63, 3.8) is 0 Å². The first-order chi connectivity index (χ1) is 9.59. The second-order valence-corrected chi connectivity index (χ2v) is 2.98.